The minimum Gasteiger partial charge on any atom is -0.496 e. The van der Waals surface area contributed by atoms with Gasteiger partial charge in [-0.15, -0.1) is 11.8 Å². The van der Waals surface area contributed by atoms with Crippen molar-refractivity contribution in [2.24, 2.45) is 0 Å². The van der Waals surface area contributed by atoms with Gasteiger partial charge in [-0.2, -0.15) is 0 Å². The Morgan fingerprint density at radius 1 is 1.10 bits per heavy atom. The third-order valence-electron chi connectivity index (χ3n) is 4.79. The predicted molar refractivity (Wildman–Crippen MR) is 117 cm³/mol. The summed E-state index contributed by atoms with van der Waals surface area (Å²) in [7, 11) is 4.86. The fraction of sp³-hybridized carbons (Fsp3) is 0.318. The first-order valence-electron chi connectivity index (χ1n) is 9.22. The second kappa shape index (κ2) is 9.94. The SMILES string of the molecule is COc1cc(OC)c(C2=CCN(C(=O)CSc3ccccc3Cl)CC2)c(OC)c1. The molecule has 0 fully saturated rings. The van der Waals surface area contributed by atoms with Gasteiger partial charge < -0.3 is 19.1 Å². The van der Waals surface area contributed by atoms with Gasteiger partial charge in [-0.3, -0.25) is 4.79 Å². The van der Waals surface area contributed by atoms with Gasteiger partial charge in [-0.25, -0.2) is 0 Å². The Labute approximate surface area is 180 Å². The van der Waals surface area contributed by atoms with E-state index in [1.807, 2.05) is 41.3 Å². The topological polar surface area (TPSA) is 48.0 Å². The van der Waals surface area contributed by atoms with E-state index in [4.69, 9.17) is 25.8 Å². The number of halogens is 1. The van der Waals surface area contributed by atoms with E-state index in [2.05, 4.69) is 6.08 Å². The van der Waals surface area contributed by atoms with Crippen molar-refractivity contribution in [3.05, 3.63) is 53.1 Å². The van der Waals surface area contributed by atoms with Crippen molar-refractivity contribution in [2.45, 2.75) is 11.3 Å². The number of thioether (sulfide) groups is 1. The number of methoxy groups -OCH3 is 3. The summed E-state index contributed by atoms with van der Waals surface area (Å²) in [5.41, 5.74) is 2.01. The van der Waals surface area contributed by atoms with Gasteiger partial charge in [0.2, 0.25) is 5.91 Å². The van der Waals surface area contributed by atoms with Gasteiger partial charge in [0.1, 0.15) is 17.2 Å². The van der Waals surface area contributed by atoms with Crippen LogP contribution in [0.25, 0.3) is 5.57 Å². The lowest BCUT2D eigenvalue weighted by molar-refractivity contribution is -0.127. The van der Waals surface area contributed by atoms with E-state index in [9.17, 15) is 4.79 Å². The van der Waals surface area contributed by atoms with Gasteiger partial charge in [0.25, 0.3) is 0 Å². The molecule has 29 heavy (non-hydrogen) atoms. The van der Waals surface area contributed by atoms with Crippen LogP contribution in [0.1, 0.15) is 12.0 Å². The Bertz CT molecular complexity index is 890. The van der Waals surface area contributed by atoms with Crippen LogP contribution in [0.5, 0.6) is 17.2 Å². The van der Waals surface area contributed by atoms with Crippen LogP contribution < -0.4 is 14.2 Å². The molecule has 0 saturated carbocycles. The summed E-state index contributed by atoms with van der Waals surface area (Å²) >= 11 is 7.64. The van der Waals surface area contributed by atoms with Gasteiger partial charge >= 0.3 is 0 Å². The molecule has 0 bridgehead atoms. The quantitative estimate of drug-likeness (QED) is 0.588. The van der Waals surface area contributed by atoms with Crippen molar-refractivity contribution >= 4 is 34.8 Å². The molecule has 154 valence electrons. The van der Waals surface area contributed by atoms with Crippen molar-refractivity contribution in [3.8, 4) is 17.2 Å². The molecule has 0 atom stereocenters. The van der Waals surface area contributed by atoms with Crippen molar-refractivity contribution < 1.29 is 19.0 Å². The lowest BCUT2D eigenvalue weighted by Gasteiger charge is -2.28. The summed E-state index contributed by atoms with van der Waals surface area (Å²) < 4.78 is 16.4. The van der Waals surface area contributed by atoms with E-state index in [1.54, 1.807) is 21.3 Å². The monoisotopic (exact) mass is 433 g/mol. The summed E-state index contributed by atoms with van der Waals surface area (Å²) in [6, 6.07) is 11.3. The molecule has 0 unspecified atom stereocenters. The average molecular weight is 434 g/mol. The van der Waals surface area contributed by atoms with Crippen molar-refractivity contribution in [3.63, 3.8) is 0 Å². The van der Waals surface area contributed by atoms with Crippen LogP contribution in [0.2, 0.25) is 5.02 Å². The Kier molecular flexibility index (Phi) is 7.34. The highest BCUT2D eigenvalue weighted by atomic mass is 35.5. The fourth-order valence-corrected chi connectivity index (χ4v) is 4.38. The van der Waals surface area contributed by atoms with Crippen LogP contribution in [0.4, 0.5) is 0 Å². The van der Waals surface area contributed by atoms with Crippen LogP contribution in [-0.4, -0.2) is 51.0 Å². The van der Waals surface area contributed by atoms with Gasteiger partial charge in [-0.1, -0.05) is 29.8 Å². The maximum Gasteiger partial charge on any atom is 0.233 e. The zero-order valence-corrected chi connectivity index (χ0v) is 18.3. The molecule has 1 heterocycles. The number of ether oxygens (including phenoxy) is 3. The van der Waals surface area contributed by atoms with E-state index in [0.29, 0.717) is 41.1 Å². The first-order chi connectivity index (χ1) is 14.1. The molecular weight excluding hydrogens is 410 g/mol. The lowest BCUT2D eigenvalue weighted by Crippen LogP contribution is -2.35. The molecule has 0 aliphatic carbocycles. The maximum atomic E-state index is 12.6. The molecule has 3 rings (SSSR count). The van der Waals surface area contributed by atoms with Gasteiger partial charge in [0.15, 0.2) is 0 Å². The number of carbonyl (C=O) groups is 1. The second-order valence-corrected chi connectivity index (χ2v) is 7.87. The van der Waals surface area contributed by atoms with Gasteiger partial charge in [-0.05, 0) is 24.1 Å². The molecule has 2 aromatic carbocycles. The lowest BCUT2D eigenvalue weighted by atomic mass is 9.97. The molecule has 0 saturated heterocycles. The highest BCUT2D eigenvalue weighted by molar-refractivity contribution is 8.00. The normalized spacial score (nSPS) is 13.7. The Morgan fingerprint density at radius 2 is 1.79 bits per heavy atom. The average Bonchev–Trinajstić information content (AvgIpc) is 2.77. The largest absolute Gasteiger partial charge is 0.496 e. The molecule has 0 N–H and O–H groups in total. The third kappa shape index (κ3) is 5.00. The molecule has 0 radical (unpaired) electrons. The Morgan fingerprint density at radius 3 is 2.34 bits per heavy atom. The van der Waals surface area contributed by atoms with Gasteiger partial charge in [0, 0.05) is 30.1 Å². The van der Waals surface area contributed by atoms with E-state index >= 15 is 0 Å². The Balaban J connectivity index is 1.70. The van der Waals surface area contributed by atoms with Crippen LogP contribution in [0.3, 0.4) is 0 Å². The van der Waals surface area contributed by atoms with Crippen LogP contribution in [-0.2, 0) is 4.79 Å². The van der Waals surface area contributed by atoms with Crippen LogP contribution in [0.15, 0.2) is 47.4 Å². The summed E-state index contributed by atoms with van der Waals surface area (Å²) in [4.78, 5) is 15.4. The minimum atomic E-state index is 0.0962. The molecule has 7 heteroatoms. The van der Waals surface area contributed by atoms with E-state index < -0.39 is 0 Å². The standard InChI is InChI=1S/C22H24ClNO4S/c1-26-16-12-18(27-2)22(19(13-16)28-3)15-8-10-24(11-9-15)21(25)14-29-20-7-5-4-6-17(20)23/h4-8,12-13H,9-11,14H2,1-3H3. The van der Waals surface area contributed by atoms with E-state index in [0.717, 1.165) is 22.5 Å². The van der Waals surface area contributed by atoms with E-state index in [-0.39, 0.29) is 5.91 Å². The number of nitrogens with zero attached hydrogens (tertiary/aromatic N) is 1. The summed E-state index contributed by atoms with van der Waals surface area (Å²) in [6.45, 7) is 1.20. The Hall–Kier alpha value is -2.31. The molecular formula is C22H24ClNO4S. The predicted octanol–water partition coefficient (Wildman–Crippen LogP) is 4.77. The van der Waals surface area contributed by atoms with Crippen LogP contribution in [0, 0.1) is 0 Å². The number of carbonyl (C=O) groups excluding carboxylic acids is 1. The number of hydrogen-bond acceptors (Lipinski definition) is 5. The number of amides is 1. The summed E-state index contributed by atoms with van der Waals surface area (Å²) in [6.07, 6.45) is 2.79. The maximum absolute atomic E-state index is 12.6. The van der Waals surface area contributed by atoms with E-state index in [1.165, 1.54) is 11.8 Å². The molecule has 0 aromatic heterocycles. The zero-order chi connectivity index (χ0) is 20.8. The molecule has 1 aliphatic heterocycles. The van der Waals surface area contributed by atoms with Crippen molar-refractivity contribution in [2.75, 3.05) is 40.2 Å². The number of benzene rings is 2. The van der Waals surface area contributed by atoms with Crippen molar-refractivity contribution in [1.82, 2.24) is 4.90 Å². The van der Waals surface area contributed by atoms with Crippen molar-refractivity contribution in [1.29, 1.82) is 0 Å². The zero-order valence-electron chi connectivity index (χ0n) is 16.7. The number of hydrogen-bond donors (Lipinski definition) is 0. The minimum absolute atomic E-state index is 0.0962. The highest BCUT2D eigenvalue weighted by Crippen LogP contribution is 2.41. The molecule has 2 aromatic rings. The van der Waals surface area contributed by atoms with Crippen LogP contribution >= 0.6 is 23.4 Å². The first kappa shape index (κ1) is 21.4. The van der Waals surface area contributed by atoms with Gasteiger partial charge in [0.05, 0.1) is 37.7 Å². The summed E-state index contributed by atoms with van der Waals surface area (Å²) in [5.74, 6) is 2.52. The smallest absolute Gasteiger partial charge is 0.233 e. The second-order valence-electron chi connectivity index (χ2n) is 6.45. The molecule has 0 spiro atoms. The summed E-state index contributed by atoms with van der Waals surface area (Å²) in [5, 5.41) is 0.671. The molecule has 5 nitrogen and oxygen atoms in total. The number of rotatable bonds is 7. The molecule has 1 aliphatic rings. The molecule has 1 amide bonds. The highest BCUT2D eigenvalue weighted by Gasteiger charge is 2.23. The fourth-order valence-electron chi connectivity index (χ4n) is 3.24. The first-order valence-corrected chi connectivity index (χ1v) is 10.6. The third-order valence-corrected chi connectivity index (χ3v) is 6.29.